The Bertz CT molecular complexity index is 230. The van der Waals surface area contributed by atoms with Crippen molar-refractivity contribution in [2.24, 2.45) is 0 Å². The van der Waals surface area contributed by atoms with Crippen LogP contribution in [0.5, 0.6) is 0 Å². The summed E-state index contributed by atoms with van der Waals surface area (Å²) in [7, 11) is 0. The molecule has 2 nitrogen and oxygen atoms in total. The van der Waals surface area contributed by atoms with Gasteiger partial charge in [0.15, 0.2) is 0 Å². The molecule has 0 amide bonds. The normalized spacial score (nSPS) is 15.6. The molecule has 20 heavy (non-hydrogen) atoms. The Kier molecular flexibility index (Phi) is 9.61. The third-order valence-electron chi connectivity index (χ3n) is 4.32. The smallest absolute Gasteiger partial charge is 0.101 e. The summed E-state index contributed by atoms with van der Waals surface area (Å²) in [5.74, 6) is 0. The quantitative estimate of drug-likeness (QED) is 0.444. The van der Waals surface area contributed by atoms with E-state index in [-0.39, 0.29) is 0 Å². The van der Waals surface area contributed by atoms with Gasteiger partial charge in [-0.25, -0.2) is 0 Å². The lowest BCUT2D eigenvalue weighted by Gasteiger charge is -2.33. The molecular weight excluding hydrogens is 244 g/mol. The summed E-state index contributed by atoms with van der Waals surface area (Å²) in [6.45, 7) is 9.35. The van der Waals surface area contributed by atoms with Gasteiger partial charge in [0.25, 0.3) is 0 Å². The van der Waals surface area contributed by atoms with Gasteiger partial charge in [0.2, 0.25) is 0 Å². The van der Waals surface area contributed by atoms with Crippen molar-refractivity contribution in [3.8, 4) is 0 Å². The van der Waals surface area contributed by atoms with Crippen molar-refractivity contribution in [2.45, 2.75) is 91.1 Å². The second-order valence-corrected chi connectivity index (χ2v) is 6.16. The van der Waals surface area contributed by atoms with Crippen LogP contribution in [-0.2, 0) is 0 Å². The minimum atomic E-state index is 0.648. The molecule has 0 aromatic rings. The van der Waals surface area contributed by atoms with Gasteiger partial charge in [-0.3, -0.25) is 0 Å². The van der Waals surface area contributed by atoms with E-state index in [1.165, 1.54) is 77.3 Å². The zero-order valence-corrected chi connectivity index (χ0v) is 14.1. The van der Waals surface area contributed by atoms with Crippen LogP contribution < -0.4 is 0 Å². The van der Waals surface area contributed by atoms with Gasteiger partial charge in [-0.15, -0.1) is 0 Å². The Hall–Kier alpha value is -0.660. The van der Waals surface area contributed by atoms with Crippen LogP contribution in [0.3, 0.4) is 0 Å². The Morgan fingerprint density at radius 2 is 1.10 bits per heavy atom. The molecule has 0 aromatic carbocycles. The van der Waals surface area contributed by atoms with E-state index in [2.05, 4.69) is 43.0 Å². The lowest BCUT2D eigenvalue weighted by molar-refractivity contribution is 0.136. The van der Waals surface area contributed by atoms with E-state index >= 15 is 0 Å². The first kappa shape index (κ1) is 17.4. The first-order chi connectivity index (χ1) is 9.83. The third kappa shape index (κ3) is 6.19. The molecule has 0 bridgehead atoms. The van der Waals surface area contributed by atoms with Crippen LogP contribution in [0.2, 0.25) is 0 Å². The van der Waals surface area contributed by atoms with Gasteiger partial charge >= 0.3 is 0 Å². The molecule has 0 atom stereocenters. The summed E-state index contributed by atoms with van der Waals surface area (Å²) in [6, 6.07) is 0. The van der Waals surface area contributed by atoms with E-state index in [9.17, 15) is 0 Å². The number of nitrogens with zero attached hydrogens (tertiary/aromatic N) is 2. The predicted molar refractivity (Wildman–Crippen MR) is 89.5 cm³/mol. The molecule has 1 aliphatic heterocycles. The van der Waals surface area contributed by atoms with Gasteiger partial charge in [0.1, 0.15) is 6.17 Å². The van der Waals surface area contributed by atoms with E-state index in [4.69, 9.17) is 0 Å². The average molecular weight is 280 g/mol. The fraction of sp³-hybridized carbons (Fsp3) is 0.889. The molecule has 118 valence electrons. The van der Waals surface area contributed by atoms with Crippen molar-refractivity contribution in [1.29, 1.82) is 0 Å². The van der Waals surface area contributed by atoms with Crippen LogP contribution in [0.4, 0.5) is 0 Å². The molecule has 0 saturated carbocycles. The van der Waals surface area contributed by atoms with Crippen LogP contribution >= 0.6 is 0 Å². The fourth-order valence-corrected chi connectivity index (χ4v) is 3.00. The van der Waals surface area contributed by atoms with Crippen LogP contribution in [-0.4, -0.2) is 29.1 Å². The number of unbranched alkanes of at least 4 members (excludes halogenated alkanes) is 6. The molecule has 0 aliphatic carbocycles. The van der Waals surface area contributed by atoms with Gasteiger partial charge in [-0.1, -0.05) is 59.3 Å². The van der Waals surface area contributed by atoms with Crippen LogP contribution in [0.1, 0.15) is 85.0 Å². The maximum Gasteiger partial charge on any atom is 0.101 e. The van der Waals surface area contributed by atoms with Crippen LogP contribution in [0.15, 0.2) is 12.4 Å². The van der Waals surface area contributed by atoms with Crippen LogP contribution in [0.25, 0.3) is 0 Å². The number of hydrogen-bond acceptors (Lipinski definition) is 2. The molecule has 0 N–H and O–H groups in total. The minimum absolute atomic E-state index is 0.648. The molecule has 0 radical (unpaired) electrons. The highest BCUT2D eigenvalue weighted by Gasteiger charge is 2.24. The monoisotopic (exact) mass is 280 g/mol. The molecule has 0 saturated heterocycles. The zero-order valence-electron chi connectivity index (χ0n) is 14.1. The topological polar surface area (TPSA) is 6.48 Å². The first-order valence-corrected chi connectivity index (χ1v) is 9.03. The standard InChI is InChI=1S/C18H36N2/c1-4-7-10-13-18-19(14-11-8-5-2)16-17-20(18)15-12-9-6-3/h16-18H,4-15H2,1-3H3. The summed E-state index contributed by atoms with van der Waals surface area (Å²) in [5, 5.41) is 0. The molecule has 0 unspecified atom stereocenters. The molecular formula is C18H36N2. The second kappa shape index (κ2) is 11.0. The fourth-order valence-electron chi connectivity index (χ4n) is 3.00. The average Bonchev–Trinajstić information content (AvgIpc) is 2.83. The van der Waals surface area contributed by atoms with E-state index in [1.807, 2.05) is 0 Å². The molecule has 1 rings (SSSR count). The Labute approximate surface area is 127 Å². The maximum atomic E-state index is 2.59. The van der Waals surface area contributed by atoms with E-state index < -0.39 is 0 Å². The third-order valence-corrected chi connectivity index (χ3v) is 4.32. The summed E-state index contributed by atoms with van der Waals surface area (Å²) in [6.07, 6.45) is 18.8. The van der Waals surface area contributed by atoms with E-state index in [1.54, 1.807) is 0 Å². The lowest BCUT2D eigenvalue weighted by atomic mass is 10.1. The SMILES string of the molecule is CCCCCC1N(CCCCC)C=CN1CCCCC. The summed E-state index contributed by atoms with van der Waals surface area (Å²) < 4.78 is 0. The highest BCUT2D eigenvalue weighted by atomic mass is 15.4. The number of rotatable bonds is 12. The first-order valence-electron chi connectivity index (χ1n) is 9.03. The minimum Gasteiger partial charge on any atom is -0.356 e. The Morgan fingerprint density at radius 3 is 1.55 bits per heavy atom. The van der Waals surface area contributed by atoms with Crippen molar-refractivity contribution >= 4 is 0 Å². The van der Waals surface area contributed by atoms with Gasteiger partial charge in [0.05, 0.1) is 0 Å². The Morgan fingerprint density at radius 1 is 0.650 bits per heavy atom. The molecule has 0 fully saturated rings. The number of hydrogen-bond donors (Lipinski definition) is 0. The molecule has 0 aromatic heterocycles. The molecule has 0 spiro atoms. The highest BCUT2D eigenvalue weighted by Crippen LogP contribution is 2.22. The van der Waals surface area contributed by atoms with Gasteiger partial charge in [-0.2, -0.15) is 0 Å². The van der Waals surface area contributed by atoms with E-state index in [0.29, 0.717) is 6.17 Å². The summed E-state index contributed by atoms with van der Waals surface area (Å²) in [5.41, 5.74) is 0. The summed E-state index contributed by atoms with van der Waals surface area (Å²) >= 11 is 0. The second-order valence-electron chi connectivity index (χ2n) is 6.16. The van der Waals surface area contributed by atoms with Gasteiger partial charge in [0, 0.05) is 25.5 Å². The Balaban J connectivity index is 2.40. The van der Waals surface area contributed by atoms with Crippen molar-refractivity contribution in [2.75, 3.05) is 13.1 Å². The molecule has 1 heterocycles. The molecule has 2 heteroatoms. The lowest BCUT2D eigenvalue weighted by Crippen LogP contribution is -2.39. The molecule has 1 aliphatic rings. The van der Waals surface area contributed by atoms with Gasteiger partial charge < -0.3 is 9.80 Å². The van der Waals surface area contributed by atoms with Crippen molar-refractivity contribution in [3.05, 3.63) is 12.4 Å². The summed E-state index contributed by atoms with van der Waals surface area (Å²) in [4.78, 5) is 5.19. The highest BCUT2D eigenvalue weighted by molar-refractivity contribution is 4.96. The predicted octanol–water partition coefficient (Wildman–Crippen LogP) is 5.36. The largest absolute Gasteiger partial charge is 0.356 e. The van der Waals surface area contributed by atoms with Crippen LogP contribution in [0, 0.1) is 0 Å². The van der Waals surface area contributed by atoms with Crippen molar-refractivity contribution in [1.82, 2.24) is 9.80 Å². The van der Waals surface area contributed by atoms with E-state index in [0.717, 1.165) is 0 Å². The van der Waals surface area contributed by atoms with Crippen molar-refractivity contribution in [3.63, 3.8) is 0 Å². The van der Waals surface area contributed by atoms with Crippen molar-refractivity contribution < 1.29 is 0 Å². The van der Waals surface area contributed by atoms with Gasteiger partial charge in [-0.05, 0) is 25.7 Å². The maximum absolute atomic E-state index is 2.59. The zero-order chi connectivity index (χ0) is 14.6.